The first-order valence-electron chi connectivity index (χ1n) is 9.35. The Hall–Kier alpha value is -3.59. The molecular formula is C22H24N6. The second-order valence-corrected chi connectivity index (χ2v) is 6.38. The number of hydrogen-bond donors (Lipinski definition) is 2. The van der Waals surface area contributed by atoms with Crippen molar-refractivity contribution in [1.29, 1.82) is 5.26 Å². The third-order valence-corrected chi connectivity index (χ3v) is 4.50. The molecule has 1 heterocycles. The lowest BCUT2D eigenvalue weighted by Gasteiger charge is -2.22. The average molecular weight is 372 g/mol. The van der Waals surface area contributed by atoms with Crippen LogP contribution in [0.2, 0.25) is 0 Å². The summed E-state index contributed by atoms with van der Waals surface area (Å²) in [6.07, 6.45) is 1.70. The zero-order valence-corrected chi connectivity index (χ0v) is 16.4. The summed E-state index contributed by atoms with van der Waals surface area (Å²) in [5.74, 6) is 1.17. The van der Waals surface area contributed by atoms with Gasteiger partial charge in [-0.15, -0.1) is 0 Å². The van der Waals surface area contributed by atoms with Crippen LogP contribution >= 0.6 is 0 Å². The zero-order valence-electron chi connectivity index (χ0n) is 16.4. The number of hydrogen-bond acceptors (Lipinski definition) is 6. The Morgan fingerprint density at radius 3 is 2.57 bits per heavy atom. The minimum Gasteiger partial charge on any atom is -0.372 e. The highest BCUT2D eigenvalue weighted by Gasteiger charge is 2.07. The van der Waals surface area contributed by atoms with Gasteiger partial charge >= 0.3 is 0 Å². The fraction of sp³-hybridized carbons (Fsp3) is 0.227. The van der Waals surface area contributed by atoms with Crippen molar-refractivity contribution < 1.29 is 0 Å². The lowest BCUT2D eigenvalue weighted by molar-refractivity contribution is 0.866. The van der Waals surface area contributed by atoms with Crippen molar-refractivity contribution in [3.8, 4) is 6.07 Å². The Kier molecular flexibility index (Phi) is 6.07. The van der Waals surface area contributed by atoms with Gasteiger partial charge in [0.2, 0.25) is 5.95 Å². The molecule has 1 aromatic heterocycles. The van der Waals surface area contributed by atoms with Crippen molar-refractivity contribution in [3.05, 3.63) is 65.9 Å². The quantitative estimate of drug-likeness (QED) is 0.608. The van der Waals surface area contributed by atoms with Crippen LogP contribution in [0.25, 0.3) is 0 Å². The molecular weight excluding hydrogens is 348 g/mol. The molecule has 142 valence electrons. The molecule has 0 saturated heterocycles. The fourth-order valence-electron chi connectivity index (χ4n) is 3.00. The molecule has 0 atom stereocenters. The number of nitrogens with one attached hydrogen (secondary N) is 2. The number of aryl methyl sites for hydroxylation is 1. The van der Waals surface area contributed by atoms with Gasteiger partial charge in [-0.3, -0.25) is 0 Å². The first-order valence-corrected chi connectivity index (χ1v) is 9.35. The maximum atomic E-state index is 9.03. The minimum absolute atomic E-state index is 0.470. The van der Waals surface area contributed by atoms with Crippen LogP contribution in [0.4, 0.5) is 28.8 Å². The van der Waals surface area contributed by atoms with Crippen molar-refractivity contribution in [3.63, 3.8) is 0 Å². The van der Waals surface area contributed by atoms with E-state index in [1.807, 2.05) is 18.2 Å². The van der Waals surface area contributed by atoms with Crippen molar-refractivity contribution in [2.75, 3.05) is 28.6 Å². The molecule has 6 heteroatoms. The van der Waals surface area contributed by atoms with Crippen LogP contribution in [0.3, 0.4) is 0 Å². The molecule has 0 spiro atoms. The molecule has 0 aliphatic rings. The molecule has 3 rings (SSSR count). The highest BCUT2D eigenvalue weighted by Crippen LogP contribution is 2.25. The largest absolute Gasteiger partial charge is 0.372 e. The summed E-state index contributed by atoms with van der Waals surface area (Å²) in [4.78, 5) is 11.1. The monoisotopic (exact) mass is 372 g/mol. The summed E-state index contributed by atoms with van der Waals surface area (Å²) in [6.45, 7) is 8.37. The predicted octanol–water partition coefficient (Wildman–Crippen LogP) is 4.99. The smallest absolute Gasteiger partial charge is 0.229 e. The Morgan fingerprint density at radius 1 is 1.04 bits per heavy atom. The second kappa shape index (κ2) is 8.87. The molecule has 3 aromatic rings. The van der Waals surface area contributed by atoms with E-state index in [0.29, 0.717) is 17.3 Å². The third kappa shape index (κ3) is 4.57. The second-order valence-electron chi connectivity index (χ2n) is 6.38. The summed E-state index contributed by atoms with van der Waals surface area (Å²) < 4.78 is 0. The zero-order chi connectivity index (χ0) is 19.9. The molecule has 0 radical (unpaired) electrons. The number of anilines is 5. The van der Waals surface area contributed by atoms with Gasteiger partial charge in [0.25, 0.3) is 0 Å². The van der Waals surface area contributed by atoms with Gasteiger partial charge < -0.3 is 15.5 Å². The summed E-state index contributed by atoms with van der Waals surface area (Å²) in [5, 5.41) is 15.5. The highest BCUT2D eigenvalue weighted by atomic mass is 15.1. The average Bonchev–Trinajstić information content (AvgIpc) is 2.71. The van der Waals surface area contributed by atoms with E-state index >= 15 is 0 Å². The topological polar surface area (TPSA) is 76.9 Å². The van der Waals surface area contributed by atoms with Crippen LogP contribution < -0.4 is 15.5 Å². The van der Waals surface area contributed by atoms with E-state index in [4.69, 9.17) is 5.26 Å². The summed E-state index contributed by atoms with van der Waals surface area (Å²) in [5.41, 5.74) is 4.74. The van der Waals surface area contributed by atoms with E-state index in [2.05, 4.69) is 70.5 Å². The molecule has 0 fully saturated rings. The summed E-state index contributed by atoms with van der Waals surface area (Å²) >= 11 is 0. The van der Waals surface area contributed by atoms with E-state index in [-0.39, 0.29) is 0 Å². The van der Waals surface area contributed by atoms with Crippen molar-refractivity contribution in [1.82, 2.24) is 9.97 Å². The van der Waals surface area contributed by atoms with Gasteiger partial charge in [0.05, 0.1) is 11.6 Å². The first-order chi connectivity index (χ1) is 13.6. The van der Waals surface area contributed by atoms with Gasteiger partial charge in [0.15, 0.2) is 0 Å². The number of nitrogens with zero attached hydrogens (tertiary/aromatic N) is 4. The molecule has 0 bridgehead atoms. The highest BCUT2D eigenvalue weighted by molar-refractivity contribution is 5.66. The first kappa shape index (κ1) is 19.2. The fourth-order valence-corrected chi connectivity index (χ4v) is 3.00. The maximum absolute atomic E-state index is 9.03. The Bertz CT molecular complexity index is 988. The number of aromatic nitrogens is 2. The lowest BCUT2D eigenvalue weighted by atomic mass is 10.1. The molecule has 2 N–H and O–H groups in total. The van der Waals surface area contributed by atoms with Crippen LogP contribution in [-0.2, 0) is 0 Å². The molecule has 0 aliphatic carbocycles. The SMILES string of the molecule is CCN(CC)c1ccc(Nc2ccnc(Nc3cccc(C#N)c3)n2)c(C)c1. The van der Waals surface area contributed by atoms with Gasteiger partial charge in [0, 0.05) is 36.3 Å². The van der Waals surface area contributed by atoms with Gasteiger partial charge in [-0.2, -0.15) is 10.2 Å². The molecule has 2 aromatic carbocycles. The minimum atomic E-state index is 0.470. The molecule has 0 amide bonds. The van der Waals surface area contributed by atoms with Gasteiger partial charge in [-0.05, 0) is 68.8 Å². The van der Waals surface area contributed by atoms with E-state index in [1.165, 1.54) is 5.69 Å². The Morgan fingerprint density at radius 2 is 1.86 bits per heavy atom. The van der Waals surface area contributed by atoms with Crippen LogP contribution in [0, 0.1) is 18.3 Å². The molecule has 0 unspecified atom stereocenters. The molecule has 6 nitrogen and oxygen atoms in total. The van der Waals surface area contributed by atoms with Gasteiger partial charge in [-0.1, -0.05) is 6.07 Å². The van der Waals surface area contributed by atoms with E-state index in [0.717, 1.165) is 30.0 Å². The summed E-state index contributed by atoms with van der Waals surface area (Å²) in [6, 6.07) is 17.6. The summed E-state index contributed by atoms with van der Waals surface area (Å²) in [7, 11) is 0. The number of benzene rings is 2. The molecule has 28 heavy (non-hydrogen) atoms. The third-order valence-electron chi connectivity index (χ3n) is 4.50. The molecule has 0 saturated carbocycles. The van der Waals surface area contributed by atoms with Crippen LogP contribution in [0.1, 0.15) is 25.0 Å². The van der Waals surface area contributed by atoms with E-state index in [9.17, 15) is 0 Å². The Balaban J connectivity index is 1.76. The lowest BCUT2D eigenvalue weighted by Crippen LogP contribution is -2.21. The Labute approximate surface area is 165 Å². The van der Waals surface area contributed by atoms with Crippen LogP contribution in [-0.4, -0.2) is 23.1 Å². The molecule has 0 aliphatic heterocycles. The number of rotatable bonds is 7. The number of nitriles is 1. The van der Waals surface area contributed by atoms with Gasteiger partial charge in [-0.25, -0.2) is 4.98 Å². The maximum Gasteiger partial charge on any atom is 0.229 e. The normalized spacial score (nSPS) is 10.2. The van der Waals surface area contributed by atoms with E-state index < -0.39 is 0 Å². The van der Waals surface area contributed by atoms with Crippen molar-refractivity contribution >= 4 is 28.8 Å². The van der Waals surface area contributed by atoms with Gasteiger partial charge in [0.1, 0.15) is 5.82 Å². The van der Waals surface area contributed by atoms with Crippen molar-refractivity contribution in [2.45, 2.75) is 20.8 Å². The predicted molar refractivity (Wildman–Crippen MR) is 114 cm³/mol. The van der Waals surface area contributed by atoms with E-state index in [1.54, 1.807) is 18.3 Å². The van der Waals surface area contributed by atoms with Crippen LogP contribution in [0.5, 0.6) is 0 Å². The standard InChI is InChI=1S/C22H24N6/c1-4-28(5-2)19-9-10-20(16(3)13-19)26-21-11-12-24-22(27-21)25-18-8-6-7-17(14-18)15-23/h6-14H,4-5H2,1-3H3,(H2,24,25,26,27). The van der Waals surface area contributed by atoms with Crippen molar-refractivity contribution in [2.24, 2.45) is 0 Å². The van der Waals surface area contributed by atoms with Crippen LogP contribution in [0.15, 0.2) is 54.7 Å².